The van der Waals surface area contributed by atoms with Crippen LogP contribution in [0.5, 0.6) is 0 Å². The van der Waals surface area contributed by atoms with Crippen molar-refractivity contribution in [3.05, 3.63) is 54.1 Å². The fourth-order valence-corrected chi connectivity index (χ4v) is 3.98. The summed E-state index contributed by atoms with van der Waals surface area (Å²) in [6, 6.07) is 15.1. The van der Waals surface area contributed by atoms with Crippen LogP contribution >= 0.6 is 11.3 Å². The van der Waals surface area contributed by atoms with Crippen LogP contribution in [0, 0.1) is 6.92 Å². The quantitative estimate of drug-likeness (QED) is 0.696. The molecule has 2 heterocycles. The van der Waals surface area contributed by atoms with Crippen LogP contribution in [0.4, 0.5) is 10.8 Å². The van der Waals surface area contributed by atoms with E-state index in [1.165, 1.54) is 28.2 Å². The molecule has 1 aromatic heterocycles. The second-order valence-corrected chi connectivity index (χ2v) is 7.07. The minimum Gasteiger partial charge on any atom is -0.274 e. The molecule has 1 aliphatic heterocycles. The first-order valence-electron chi connectivity index (χ1n) is 8.16. The summed E-state index contributed by atoms with van der Waals surface area (Å²) in [4.78, 5) is 30.7. The Balaban J connectivity index is 1.74. The Morgan fingerprint density at radius 3 is 2.69 bits per heavy atom. The van der Waals surface area contributed by atoms with Gasteiger partial charge < -0.3 is 0 Å². The van der Waals surface area contributed by atoms with E-state index >= 15 is 0 Å². The standard InChI is InChI=1S/C19H16N4O2S/c1-12-8-9-15-16(10-12)26-19(20-15)22(13(2)24)17-11-18(25)23(21-17)14-6-4-3-5-7-14/h3-10H,11H2,1-2H3. The van der Waals surface area contributed by atoms with Crippen LogP contribution in [0.25, 0.3) is 10.2 Å². The SMILES string of the molecule is CC(=O)N(C1=NN(c2ccccc2)C(=O)C1)c1nc2ccc(C)cc2s1. The number of aryl methyl sites for hydroxylation is 1. The van der Waals surface area contributed by atoms with Crippen molar-refractivity contribution in [2.45, 2.75) is 20.3 Å². The molecule has 2 amide bonds. The normalized spacial score (nSPS) is 14.0. The number of nitrogens with zero attached hydrogens (tertiary/aromatic N) is 4. The van der Waals surface area contributed by atoms with E-state index < -0.39 is 0 Å². The fourth-order valence-electron chi connectivity index (χ4n) is 2.85. The van der Waals surface area contributed by atoms with Gasteiger partial charge in [-0.25, -0.2) is 9.88 Å². The minimum absolute atomic E-state index is 0.0590. The molecule has 0 saturated carbocycles. The van der Waals surface area contributed by atoms with E-state index in [1.54, 1.807) is 0 Å². The molecule has 0 fully saturated rings. The maximum absolute atomic E-state index is 12.4. The fraction of sp³-hybridized carbons (Fsp3) is 0.158. The molecule has 0 radical (unpaired) electrons. The van der Waals surface area contributed by atoms with Crippen molar-refractivity contribution in [1.82, 2.24) is 4.98 Å². The zero-order valence-corrected chi connectivity index (χ0v) is 15.2. The minimum atomic E-state index is -0.220. The molecule has 0 unspecified atom stereocenters. The number of rotatable bonds is 2. The molecule has 4 rings (SSSR count). The van der Waals surface area contributed by atoms with E-state index in [9.17, 15) is 9.59 Å². The van der Waals surface area contributed by atoms with Crippen LogP contribution in [0.3, 0.4) is 0 Å². The molecule has 0 saturated heterocycles. The molecular weight excluding hydrogens is 348 g/mol. The molecule has 130 valence electrons. The van der Waals surface area contributed by atoms with E-state index in [1.807, 2.05) is 55.5 Å². The smallest absolute Gasteiger partial charge is 0.255 e. The molecule has 6 nitrogen and oxygen atoms in total. The first kappa shape index (κ1) is 16.4. The molecule has 0 N–H and O–H groups in total. The predicted octanol–water partition coefficient (Wildman–Crippen LogP) is 3.71. The van der Waals surface area contributed by atoms with E-state index in [4.69, 9.17) is 0 Å². The Morgan fingerprint density at radius 2 is 1.96 bits per heavy atom. The second-order valence-electron chi connectivity index (χ2n) is 6.06. The second kappa shape index (κ2) is 6.34. The highest BCUT2D eigenvalue weighted by atomic mass is 32.1. The van der Waals surface area contributed by atoms with Crippen LogP contribution in [-0.2, 0) is 9.59 Å². The highest BCUT2D eigenvalue weighted by Gasteiger charge is 2.32. The third kappa shape index (κ3) is 2.86. The largest absolute Gasteiger partial charge is 0.274 e. The van der Waals surface area contributed by atoms with Crippen molar-refractivity contribution in [1.29, 1.82) is 0 Å². The van der Waals surface area contributed by atoms with Gasteiger partial charge in [-0.15, -0.1) is 0 Å². The summed E-state index contributed by atoms with van der Waals surface area (Å²) < 4.78 is 0.996. The van der Waals surface area contributed by atoms with Crippen molar-refractivity contribution in [3.8, 4) is 0 Å². The zero-order valence-electron chi connectivity index (χ0n) is 14.3. The lowest BCUT2D eigenvalue weighted by atomic mass is 10.2. The molecule has 3 aromatic rings. The van der Waals surface area contributed by atoms with Gasteiger partial charge in [-0.1, -0.05) is 35.6 Å². The van der Waals surface area contributed by atoms with Gasteiger partial charge in [0, 0.05) is 6.92 Å². The third-order valence-electron chi connectivity index (χ3n) is 4.06. The number of aromatic nitrogens is 1. The van der Waals surface area contributed by atoms with Crippen molar-refractivity contribution in [2.24, 2.45) is 5.10 Å². The number of anilines is 2. The molecule has 0 bridgehead atoms. The number of fused-ring (bicyclic) bond motifs is 1. The number of benzene rings is 2. The third-order valence-corrected chi connectivity index (χ3v) is 5.06. The van der Waals surface area contributed by atoms with Crippen LogP contribution in [0.15, 0.2) is 53.6 Å². The molecule has 2 aromatic carbocycles. The Bertz CT molecular complexity index is 1040. The summed E-state index contributed by atoms with van der Waals surface area (Å²) in [6.45, 7) is 3.47. The summed E-state index contributed by atoms with van der Waals surface area (Å²) >= 11 is 1.42. The molecule has 0 spiro atoms. The monoisotopic (exact) mass is 364 g/mol. The lowest BCUT2D eigenvalue weighted by Gasteiger charge is -2.16. The number of thiazole rings is 1. The highest BCUT2D eigenvalue weighted by Crippen LogP contribution is 2.32. The van der Waals surface area contributed by atoms with Crippen LogP contribution in [0.2, 0.25) is 0 Å². The van der Waals surface area contributed by atoms with E-state index in [-0.39, 0.29) is 18.2 Å². The highest BCUT2D eigenvalue weighted by molar-refractivity contribution is 7.22. The topological polar surface area (TPSA) is 65.9 Å². The van der Waals surface area contributed by atoms with Crippen molar-refractivity contribution < 1.29 is 9.59 Å². The first-order valence-corrected chi connectivity index (χ1v) is 8.98. The van der Waals surface area contributed by atoms with Gasteiger partial charge in [-0.05, 0) is 36.8 Å². The molecule has 26 heavy (non-hydrogen) atoms. The van der Waals surface area contributed by atoms with Gasteiger partial charge in [0.05, 0.1) is 22.3 Å². The number of carbonyl (C=O) groups is 2. The summed E-state index contributed by atoms with van der Waals surface area (Å²) in [5, 5.41) is 6.26. The number of hydrazone groups is 1. The number of hydrogen-bond acceptors (Lipinski definition) is 5. The summed E-state index contributed by atoms with van der Waals surface area (Å²) in [6.07, 6.45) is 0.0590. The Morgan fingerprint density at radius 1 is 1.19 bits per heavy atom. The Labute approximate surface area is 154 Å². The first-order chi connectivity index (χ1) is 12.5. The molecule has 0 atom stereocenters. The average Bonchev–Trinajstić information content (AvgIpc) is 3.18. The van der Waals surface area contributed by atoms with Gasteiger partial charge in [0.1, 0.15) is 5.84 Å². The molecule has 0 aliphatic carbocycles. The van der Waals surface area contributed by atoms with Gasteiger partial charge in [0.2, 0.25) is 5.91 Å². The molecule has 1 aliphatic rings. The maximum Gasteiger partial charge on any atom is 0.255 e. The number of hydrogen-bond donors (Lipinski definition) is 0. The van der Waals surface area contributed by atoms with Crippen molar-refractivity contribution in [3.63, 3.8) is 0 Å². The summed E-state index contributed by atoms with van der Waals surface area (Å²) in [5.74, 6) is -0.00113. The summed E-state index contributed by atoms with van der Waals surface area (Å²) in [5.41, 5.74) is 2.63. The van der Waals surface area contributed by atoms with Gasteiger partial charge in [-0.3, -0.25) is 9.59 Å². The Kier molecular flexibility index (Phi) is 4.00. The Hall–Kier alpha value is -3.06. The van der Waals surface area contributed by atoms with Crippen molar-refractivity contribution >= 4 is 50.0 Å². The average molecular weight is 364 g/mol. The number of amidine groups is 1. The predicted molar refractivity (Wildman–Crippen MR) is 103 cm³/mol. The van der Waals surface area contributed by atoms with Crippen LogP contribution in [-0.4, -0.2) is 22.6 Å². The van der Waals surface area contributed by atoms with Crippen LogP contribution in [0.1, 0.15) is 18.9 Å². The van der Waals surface area contributed by atoms with Gasteiger partial charge in [0.25, 0.3) is 5.91 Å². The van der Waals surface area contributed by atoms with E-state index in [0.29, 0.717) is 16.7 Å². The molecular formula is C19H16N4O2S. The lowest BCUT2D eigenvalue weighted by Crippen LogP contribution is -2.34. The molecule has 7 heteroatoms. The van der Waals surface area contributed by atoms with E-state index in [0.717, 1.165) is 15.8 Å². The number of amides is 2. The zero-order chi connectivity index (χ0) is 18.3. The summed E-state index contributed by atoms with van der Waals surface area (Å²) in [7, 11) is 0. The van der Waals surface area contributed by atoms with Gasteiger partial charge >= 0.3 is 0 Å². The maximum atomic E-state index is 12.4. The van der Waals surface area contributed by atoms with E-state index in [2.05, 4.69) is 10.1 Å². The number of carbonyl (C=O) groups excluding carboxylic acids is 2. The van der Waals surface area contributed by atoms with Crippen LogP contribution < -0.4 is 9.91 Å². The van der Waals surface area contributed by atoms with Gasteiger partial charge in [-0.2, -0.15) is 10.1 Å². The number of para-hydroxylation sites is 1. The van der Waals surface area contributed by atoms with Crippen molar-refractivity contribution in [2.75, 3.05) is 9.91 Å². The lowest BCUT2D eigenvalue weighted by molar-refractivity contribution is -0.116. The van der Waals surface area contributed by atoms with Gasteiger partial charge in [0.15, 0.2) is 5.13 Å².